The van der Waals surface area contributed by atoms with E-state index in [1.165, 1.54) is 37.4 Å². The van der Waals surface area contributed by atoms with E-state index >= 15 is 0 Å². The van der Waals surface area contributed by atoms with E-state index in [0.29, 0.717) is 39.7 Å². The number of amides is 2. The summed E-state index contributed by atoms with van der Waals surface area (Å²) in [7, 11) is 1.42. The van der Waals surface area contributed by atoms with Crippen LogP contribution in [-0.4, -0.2) is 37.4 Å². The molecule has 1 aromatic heterocycles. The van der Waals surface area contributed by atoms with Crippen LogP contribution in [0.3, 0.4) is 0 Å². The molecule has 0 saturated carbocycles. The molecule has 0 aliphatic heterocycles. The summed E-state index contributed by atoms with van der Waals surface area (Å²) in [6.07, 6.45) is 0.676. The number of hydrogen-bond acceptors (Lipinski definition) is 6. The quantitative estimate of drug-likeness (QED) is 0.312. The van der Waals surface area contributed by atoms with Crippen molar-refractivity contribution in [3.8, 4) is 33.9 Å². The van der Waals surface area contributed by atoms with Crippen LogP contribution < -0.4 is 20.5 Å². The van der Waals surface area contributed by atoms with Crippen molar-refractivity contribution in [2.45, 2.75) is 26.3 Å². The van der Waals surface area contributed by atoms with Crippen molar-refractivity contribution < 1.29 is 32.7 Å². The van der Waals surface area contributed by atoms with Crippen molar-refractivity contribution in [2.75, 3.05) is 13.7 Å². The average Bonchev–Trinajstić information content (AvgIpc) is 3.24. The topological polar surface area (TPSA) is 121 Å². The number of fused-ring (bicyclic) bond motifs is 1. The number of carbonyl (C=O) groups excluding carboxylic acids is 3. The zero-order valence-corrected chi connectivity index (χ0v) is 21.4. The number of aldehydes is 1. The maximum absolute atomic E-state index is 13.4. The average molecular weight is 519 g/mol. The van der Waals surface area contributed by atoms with E-state index in [9.17, 15) is 18.8 Å². The Morgan fingerprint density at radius 2 is 1.71 bits per heavy atom. The summed E-state index contributed by atoms with van der Waals surface area (Å²) in [6, 6.07) is 13.9. The summed E-state index contributed by atoms with van der Waals surface area (Å²) in [5, 5.41) is 3.42. The van der Waals surface area contributed by atoms with Gasteiger partial charge in [-0.25, -0.2) is 4.39 Å². The fourth-order valence-electron chi connectivity index (χ4n) is 4.03. The van der Waals surface area contributed by atoms with Gasteiger partial charge in [-0.3, -0.25) is 14.4 Å². The molecule has 0 atom stereocenters. The van der Waals surface area contributed by atoms with Crippen LogP contribution in [0.4, 0.5) is 4.39 Å². The molecule has 0 spiro atoms. The Bertz CT molecular complexity index is 1530. The lowest BCUT2D eigenvalue weighted by atomic mass is 9.97. The van der Waals surface area contributed by atoms with Gasteiger partial charge >= 0.3 is 0 Å². The van der Waals surface area contributed by atoms with Crippen molar-refractivity contribution in [3.05, 3.63) is 71.5 Å². The molecule has 3 aromatic carbocycles. The zero-order valence-electron chi connectivity index (χ0n) is 21.4. The Balaban J connectivity index is 1.90. The highest BCUT2D eigenvalue weighted by Crippen LogP contribution is 2.40. The largest absolute Gasteiger partial charge is 0.496 e. The summed E-state index contributed by atoms with van der Waals surface area (Å²) < 4.78 is 30.5. The fourth-order valence-corrected chi connectivity index (χ4v) is 4.03. The van der Waals surface area contributed by atoms with Crippen molar-refractivity contribution in [1.82, 2.24) is 5.32 Å². The number of halogens is 1. The lowest BCUT2D eigenvalue weighted by molar-refractivity contribution is -0.119. The van der Waals surface area contributed by atoms with Gasteiger partial charge in [0, 0.05) is 28.1 Å². The Morgan fingerprint density at radius 1 is 1.03 bits per heavy atom. The third-order valence-electron chi connectivity index (χ3n) is 5.67. The molecule has 38 heavy (non-hydrogen) atoms. The first kappa shape index (κ1) is 26.4. The molecule has 3 N–H and O–H groups in total. The summed E-state index contributed by atoms with van der Waals surface area (Å²) in [6.45, 7) is 5.17. The minimum Gasteiger partial charge on any atom is -0.496 e. The number of primary amides is 1. The van der Waals surface area contributed by atoms with Crippen molar-refractivity contribution in [2.24, 2.45) is 5.73 Å². The second-order valence-electron chi connectivity index (χ2n) is 9.69. The number of hydrogen-bond donors (Lipinski definition) is 2. The van der Waals surface area contributed by atoms with Gasteiger partial charge in [-0.2, -0.15) is 0 Å². The molecule has 0 bridgehead atoms. The predicted octanol–water partition coefficient (Wildman–Crippen LogP) is 5.12. The Morgan fingerprint density at radius 3 is 2.32 bits per heavy atom. The molecule has 1 heterocycles. The molecule has 4 aromatic rings. The fraction of sp³-hybridized carbons (Fsp3) is 0.207. The second kappa shape index (κ2) is 10.4. The Hall–Kier alpha value is -4.66. The van der Waals surface area contributed by atoms with Crippen molar-refractivity contribution in [3.63, 3.8) is 0 Å². The number of nitrogens with one attached hydrogen (secondary N) is 1. The maximum atomic E-state index is 13.4. The van der Waals surface area contributed by atoms with Gasteiger partial charge in [0.2, 0.25) is 0 Å². The van der Waals surface area contributed by atoms with Crippen LogP contribution in [0.1, 0.15) is 41.5 Å². The normalized spacial score (nSPS) is 11.3. The lowest BCUT2D eigenvalue weighted by Crippen LogP contribution is -2.40. The molecule has 0 aliphatic rings. The Labute approximate surface area is 218 Å². The number of nitrogens with two attached hydrogens (primary N) is 1. The smallest absolute Gasteiger partial charge is 0.255 e. The summed E-state index contributed by atoms with van der Waals surface area (Å²) in [5.74, 6) is -0.657. The first-order valence-corrected chi connectivity index (χ1v) is 11.7. The number of benzene rings is 3. The Kier molecular flexibility index (Phi) is 7.21. The number of methoxy groups -OCH3 is 1. The molecule has 0 unspecified atom stereocenters. The van der Waals surface area contributed by atoms with E-state index in [1.807, 2.05) is 20.8 Å². The third kappa shape index (κ3) is 5.51. The van der Waals surface area contributed by atoms with E-state index < -0.39 is 23.9 Å². The van der Waals surface area contributed by atoms with Crippen LogP contribution in [0, 0.1) is 5.82 Å². The second-order valence-corrected chi connectivity index (χ2v) is 9.69. The van der Waals surface area contributed by atoms with Crippen LogP contribution in [0.5, 0.6) is 11.5 Å². The van der Waals surface area contributed by atoms with Gasteiger partial charge in [-0.05, 0) is 68.8 Å². The molecule has 8 nitrogen and oxygen atoms in total. The van der Waals surface area contributed by atoms with Gasteiger partial charge in [-0.1, -0.05) is 6.07 Å². The van der Waals surface area contributed by atoms with Crippen LogP contribution in [-0.2, 0) is 4.79 Å². The van der Waals surface area contributed by atoms with Gasteiger partial charge < -0.3 is 24.9 Å². The van der Waals surface area contributed by atoms with Crippen LogP contribution in [0.2, 0.25) is 0 Å². The highest BCUT2D eigenvalue weighted by atomic mass is 19.1. The van der Waals surface area contributed by atoms with E-state index in [2.05, 4.69) is 5.32 Å². The third-order valence-corrected chi connectivity index (χ3v) is 5.67. The molecule has 0 fully saturated rings. The molecular formula is C29H27FN2O6. The van der Waals surface area contributed by atoms with Crippen LogP contribution >= 0.6 is 0 Å². The molecule has 196 valence electrons. The molecule has 0 aliphatic carbocycles. The molecule has 0 radical (unpaired) electrons. The molecule has 9 heteroatoms. The highest BCUT2D eigenvalue weighted by molar-refractivity contribution is 6.05. The summed E-state index contributed by atoms with van der Waals surface area (Å²) in [4.78, 5) is 36.7. The summed E-state index contributed by atoms with van der Waals surface area (Å²) in [5.41, 5.74) is 7.35. The lowest BCUT2D eigenvalue weighted by Gasteiger charge is -2.22. The molecule has 4 rings (SSSR count). The van der Waals surface area contributed by atoms with Gasteiger partial charge in [0.05, 0.1) is 18.2 Å². The first-order chi connectivity index (χ1) is 18.0. The summed E-state index contributed by atoms with van der Waals surface area (Å²) >= 11 is 0. The first-order valence-electron chi connectivity index (χ1n) is 11.7. The molecule has 2 amide bonds. The number of ether oxygens (including phenoxy) is 2. The van der Waals surface area contributed by atoms with Crippen LogP contribution in [0.25, 0.3) is 33.4 Å². The van der Waals surface area contributed by atoms with Gasteiger partial charge in [-0.15, -0.1) is 0 Å². The monoisotopic (exact) mass is 518 g/mol. The molecular weight excluding hydrogens is 491 g/mol. The van der Waals surface area contributed by atoms with Gasteiger partial charge in [0.15, 0.2) is 12.9 Å². The predicted molar refractivity (Wildman–Crippen MR) is 141 cm³/mol. The number of furan rings is 1. The van der Waals surface area contributed by atoms with Crippen molar-refractivity contribution in [1.29, 1.82) is 0 Å². The minimum absolute atomic E-state index is 0.242. The highest BCUT2D eigenvalue weighted by Gasteiger charge is 2.23. The molecule has 0 saturated heterocycles. The SMILES string of the molecule is COc1cc(OCC(N)=O)c(-c2ccc3oc(-c4ccc(F)cc4)c(C=O)c3c2)cc1C(=O)NC(C)(C)C. The van der Waals surface area contributed by atoms with E-state index in [-0.39, 0.29) is 28.5 Å². The maximum Gasteiger partial charge on any atom is 0.255 e. The van der Waals surface area contributed by atoms with Crippen molar-refractivity contribution >= 4 is 29.1 Å². The minimum atomic E-state index is -0.679. The van der Waals surface area contributed by atoms with E-state index in [4.69, 9.17) is 19.6 Å². The zero-order chi connectivity index (χ0) is 27.6. The van der Waals surface area contributed by atoms with E-state index in [1.54, 1.807) is 24.3 Å². The standard InChI is InChI=1S/C29H27FN2O6/c1-29(2,3)32-28(35)21-12-19(25(13-24(21)36-4)37-15-26(31)34)17-7-10-23-20(11-17)22(14-33)27(38-23)16-5-8-18(30)9-6-16/h5-14H,15H2,1-4H3,(H2,31,34)(H,32,35). The van der Waals surface area contributed by atoms with Gasteiger partial charge in [0.1, 0.15) is 28.7 Å². The van der Waals surface area contributed by atoms with E-state index in [0.717, 1.165) is 0 Å². The number of rotatable bonds is 8. The number of carbonyl (C=O) groups is 3. The van der Waals surface area contributed by atoms with Gasteiger partial charge in [0.25, 0.3) is 11.8 Å². The van der Waals surface area contributed by atoms with Crippen LogP contribution in [0.15, 0.2) is 59.0 Å².